The first-order chi connectivity index (χ1) is 11.3. The smallest absolute Gasteiger partial charge is 0.265 e. The fraction of sp³-hybridized carbons (Fsp3) is 0.316. The van der Waals surface area contributed by atoms with E-state index in [1.54, 1.807) is 25.1 Å². The summed E-state index contributed by atoms with van der Waals surface area (Å²) >= 11 is 12.0. The van der Waals surface area contributed by atoms with Gasteiger partial charge in [-0.25, -0.2) is 0 Å². The van der Waals surface area contributed by atoms with Gasteiger partial charge in [0.2, 0.25) is 0 Å². The van der Waals surface area contributed by atoms with Crippen molar-refractivity contribution in [3.8, 4) is 5.75 Å². The Kier molecular flexibility index (Phi) is 6.14. The van der Waals surface area contributed by atoms with Gasteiger partial charge in [0.05, 0.1) is 5.02 Å². The third-order valence-electron chi connectivity index (χ3n) is 3.74. The minimum atomic E-state index is -0.691. The van der Waals surface area contributed by atoms with Crippen LogP contribution in [0.15, 0.2) is 36.4 Å². The fourth-order valence-corrected chi connectivity index (χ4v) is 2.83. The first-order valence-electron chi connectivity index (χ1n) is 7.81. The summed E-state index contributed by atoms with van der Waals surface area (Å²) in [5.41, 5.74) is 2.96. The molecule has 1 N–H and O–H groups in total. The first kappa shape index (κ1) is 18.6. The number of anilines is 1. The summed E-state index contributed by atoms with van der Waals surface area (Å²) < 4.78 is 5.67. The van der Waals surface area contributed by atoms with E-state index < -0.39 is 6.10 Å². The van der Waals surface area contributed by atoms with Gasteiger partial charge in [-0.2, -0.15) is 0 Å². The molecular weight excluding hydrogens is 345 g/mol. The van der Waals surface area contributed by atoms with Crippen LogP contribution in [0.25, 0.3) is 0 Å². The minimum absolute atomic E-state index is 0.225. The molecule has 5 heteroatoms. The molecule has 24 heavy (non-hydrogen) atoms. The number of rotatable bonds is 5. The molecule has 0 spiro atoms. The molecule has 1 atom stereocenters. The van der Waals surface area contributed by atoms with Crippen LogP contribution in [0.1, 0.15) is 37.8 Å². The molecule has 0 heterocycles. The second-order valence-corrected chi connectivity index (χ2v) is 6.86. The monoisotopic (exact) mass is 365 g/mol. The van der Waals surface area contributed by atoms with Gasteiger partial charge >= 0.3 is 0 Å². The Morgan fingerprint density at radius 3 is 2.46 bits per heavy atom. The van der Waals surface area contributed by atoms with Crippen molar-refractivity contribution in [2.45, 2.75) is 39.7 Å². The van der Waals surface area contributed by atoms with E-state index in [0.29, 0.717) is 21.7 Å². The summed E-state index contributed by atoms with van der Waals surface area (Å²) in [6, 6.07) is 10.9. The number of ether oxygens (including phenoxy) is 1. The van der Waals surface area contributed by atoms with Gasteiger partial charge in [-0.15, -0.1) is 0 Å². The quantitative estimate of drug-likeness (QED) is 0.723. The Morgan fingerprint density at radius 1 is 1.12 bits per heavy atom. The highest BCUT2D eigenvalue weighted by Gasteiger charge is 2.19. The highest BCUT2D eigenvalue weighted by Crippen LogP contribution is 2.30. The van der Waals surface area contributed by atoms with Crippen molar-refractivity contribution in [3.63, 3.8) is 0 Å². The van der Waals surface area contributed by atoms with Gasteiger partial charge < -0.3 is 10.1 Å². The van der Waals surface area contributed by atoms with Gasteiger partial charge in [0, 0.05) is 10.7 Å². The molecule has 1 amide bonds. The number of nitrogens with one attached hydrogen (secondary N) is 1. The summed E-state index contributed by atoms with van der Waals surface area (Å²) in [6.07, 6.45) is -0.691. The molecule has 0 bridgehead atoms. The molecular formula is C19H21Cl2NO2. The summed E-state index contributed by atoms with van der Waals surface area (Å²) in [5, 5.41) is 3.87. The molecule has 0 aliphatic carbocycles. The third kappa shape index (κ3) is 4.43. The zero-order valence-electron chi connectivity index (χ0n) is 14.2. The normalized spacial score (nSPS) is 12.1. The molecule has 2 rings (SSSR count). The lowest BCUT2D eigenvalue weighted by molar-refractivity contribution is -0.122. The van der Waals surface area contributed by atoms with Crippen LogP contribution in [0.3, 0.4) is 0 Å². The highest BCUT2D eigenvalue weighted by molar-refractivity contribution is 6.35. The molecule has 128 valence electrons. The summed E-state index contributed by atoms with van der Waals surface area (Å²) in [4.78, 5) is 12.5. The van der Waals surface area contributed by atoms with Gasteiger partial charge in [0.25, 0.3) is 5.91 Å². The number of hydrogen-bond acceptors (Lipinski definition) is 2. The van der Waals surface area contributed by atoms with Crippen LogP contribution >= 0.6 is 23.2 Å². The Morgan fingerprint density at radius 2 is 1.83 bits per heavy atom. The second kappa shape index (κ2) is 7.91. The Balaban J connectivity index is 2.15. The SMILES string of the molecule is Cc1cccc(C(C)C)c1NC(=O)[C@H](C)Oc1ccc(Cl)cc1Cl. The van der Waals surface area contributed by atoms with Crippen molar-refractivity contribution in [1.82, 2.24) is 0 Å². The lowest BCUT2D eigenvalue weighted by atomic mass is 9.98. The van der Waals surface area contributed by atoms with Crippen LogP contribution < -0.4 is 10.1 Å². The maximum atomic E-state index is 12.5. The predicted octanol–water partition coefficient (Wildman–Crippen LogP) is 5.83. The lowest BCUT2D eigenvalue weighted by Gasteiger charge is -2.20. The topological polar surface area (TPSA) is 38.3 Å². The molecule has 0 saturated carbocycles. The lowest BCUT2D eigenvalue weighted by Crippen LogP contribution is -2.31. The van der Waals surface area contributed by atoms with Crippen molar-refractivity contribution >= 4 is 34.8 Å². The van der Waals surface area contributed by atoms with Crippen molar-refractivity contribution in [2.24, 2.45) is 0 Å². The van der Waals surface area contributed by atoms with Gasteiger partial charge in [-0.3, -0.25) is 4.79 Å². The number of para-hydroxylation sites is 1. The highest BCUT2D eigenvalue weighted by atomic mass is 35.5. The molecule has 2 aromatic carbocycles. The average molecular weight is 366 g/mol. The van der Waals surface area contributed by atoms with Crippen LogP contribution in [0.4, 0.5) is 5.69 Å². The average Bonchev–Trinajstić information content (AvgIpc) is 2.51. The van der Waals surface area contributed by atoms with Crippen LogP contribution in [0.2, 0.25) is 10.0 Å². The standard InChI is InChI=1S/C19H21Cl2NO2/c1-11(2)15-7-5-6-12(3)18(15)22-19(23)13(4)24-17-9-8-14(20)10-16(17)21/h5-11,13H,1-4H3,(H,22,23)/t13-/m0/s1. The molecule has 0 unspecified atom stereocenters. The van der Waals surface area contributed by atoms with Gasteiger partial charge in [0.15, 0.2) is 6.10 Å². The summed E-state index contributed by atoms with van der Waals surface area (Å²) in [7, 11) is 0. The number of carbonyl (C=O) groups is 1. The van der Waals surface area contributed by atoms with Crippen molar-refractivity contribution < 1.29 is 9.53 Å². The third-order valence-corrected chi connectivity index (χ3v) is 4.27. The minimum Gasteiger partial charge on any atom is -0.479 e. The number of benzene rings is 2. The van der Waals surface area contributed by atoms with Gasteiger partial charge in [-0.05, 0) is 49.1 Å². The predicted molar refractivity (Wildman–Crippen MR) is 100 cm³/mol. The molecule has 0 saturated heterocycles. The molecule has 0 fully saturated rings. The van der Waals surface area contributed by atoms with Crippen LogP contribution in [-0.4, -0.2) is 12.0 Å². The molecule has 0 aliphatic heterocycles. The molecule has 0 radical (unpaired) electrons. The molecule has 0 aromatic heterocycles. The van der Waals surface area contributed by atoms with Crippen molar-refractivity contribution in [2.75, 3.05) is 5.32 Å². The second-order valence-electron chi connectivity index (χ2n) is 6.02. The van der Waals surface area contributed by atoms with Gasteiger partial charge in [0.1, 0.15) is 5.75 Å². The maximum absolute atomic E-state index is 12.5. The fourth-order valence-electron chi connectivity index (χ4n) is 2.38. The summed E-state index contributed by atoms with van der Waals surface area (Å²) in [5.74, 6) is 0.511. The van der Waals surface area contributed by atoms with E-state index in [4.69, 9.17) is 27.9 Å². The summed E-state index contributed by atoms with van der Waals surface area (Å²) in [6.45, 7) is 7.85. The molecule has 2 aromatic rings. The Labute approximate surface area is 152 Å². The van der Waals surface area contributed by atoms with E-state index in [-0.39, 0.29) is 5.91 Å². The van der Waals surface area contributed by atoms with E-state index in [9.17, 15) is 4.79 Å². The van der Waals surface area contributed by atoms with E-state index in [2.05, 4.69) is 19.2 Å². The number of hydrogen-bond donors (Lipinski definition) is 1. The maximum Gasteiger partial charge on any atom is 0.265 e. The molecule has 3 nitrogen and oxygen atoms in total. The van der Waals surface area contributed by atoms with Gasteiger partial charge in [-0.1, -0.05) is 55.2 Å². The number of carbonyl (C=O) groups excluding carboxylic acids is 1. The zero-order chi connectivity index (χ0) is 17.9. The van der Waals surface area contributed by atoms with Crippen LogP contribution in [0.5, 0.6) is 5.75 Å². The van der Waals surface area contributed by atoms with Crippen molar-refractivity contribution in [3.05, 3.63) is 57.6 Å². The number of aryl methyl sites for hydroxylation is 1. The van der Waals surface area contributed by atoms with Crippen LogP contribution in [-0.2, 0) is 4.79 Å². The number of halogens is 2. The number of amides is 1. The van der Waals surface area contributed by atoms with E-state index in [1.807, 2.05) is 25.1 Å². The van der Waals surface area contributed by atoms with E-state index in [0.717, 1.165) is 16.8 Å². The van der Waals surface area contributed by atoms with Crippen LogP contribution in [0, 0.1) is 6.92 Å². The zero-order valence-corrected chi connectivity index (χ0v) is 15.7. The van der Waals surface area contributed by atoms with Crippen molar-refractivity contribution in [1.29, 1.82) is 0 Å². The Bertz CT molecular complexity index is 744. The van der Waals surface area contributed by atoms with E-state index >= 15 is 0 Å². The Hall–Kier alpha value is -1.71. The largest absolute Gasteiger partial charge is 0.479 e. The van der Waals surface area contributed by atoms with E-state index in [1.165, 1.54) is 0 Å². The first-order valence-corrected chi connectivity index (χ1v) is 8.57. The molecule has 0 aliphatic rings.